The fraction of sp³-hybridized carbons (Fsp3) is 0.400. The van der Waals surface area contributed by atoms with E-state index in [4.69, 9.17) is 0 Å². The monoisotopic (exact) mass is 115 g/mol. The molecule has 44 valence electrons. The van der Waals surface area contributed by atoms with Crippen molar-refractivity contribution in [3.05, 3.63) is 17.8 Å². The molecule has 0 aliphatic carbocycles. The highest BCUT2D eigenvalue weighted by Gasteiger charge is 1.95. The minimum atomic E-state index is -0.617. The molecule has 1 rings (SSSR count). The first-order valence-electron chi connectivity index (χ1n) is 2.30. The number of hydrogen-bond donors (Lipinski definition) is 0. The van der Waals surface area contributed by atoms with Crippen LogP contribution in [-0.4, -0.2) is 4.98 Å². The molecule has 0 spiro atoms. The lowest BCUT2D eigenvalue weighted by Gasteiger charge is -1.75. The van der Waals surface area contributed by atoms with Crippen molar-refractivity contribution in [1.29, 1.82) is 0 Å². The second-order valence-electron chi connectivity index (χ2n) is 1.52. The lowest BCUT2D eigenvalue weighted by Crippen LogP contribution is -1.75. The average molecular weight is 115 g/mol. The van der Waals surface area contributed by atoms with Crippen molar-refractivity contribution >= 4 is 0 Å². The molecule has 0 amide bonds. The largest absolute Gasteiger partial charge is 0.446 e. The van der Waals surface area contributed by atoms with E-state index in [1.807, 2.05) is 0 Å². The third kappa shape index (κ3) is 0.857. The summed E-state index contributed by atoms with van der Waals surface area (Å²) in [6.07, 6.45) is 1.43. The highest BCUT2D eigenvalue weighted by molar-refractivity contribution is 4.91. The normalized spacial score (nSPS) is 9.75. The van der Waals surface area contributed by atoms with E-state index in [-0.39, 0.29) is 5.89 Å². The summed E-state index contributed by atoms with van der Waals surface area (Å²) in [5, 5.41) is 0. The fourth-order valence-electron chi connectivity index (χ4n) is 0.464. The quantitative estimate of drug-likeness (QED) is 0.553. The highest BCUT2D eigenvalue weighted by atomic mass is 19.1. The van der Waals surface area contributed by atoms with Crippen molar-refractivity contribution in [3.63, 3.8) is 0 Å². The Morgan fingerprint density at radius 1 is 1.88 bits per heavy atom. The number of aryl methyl sites for hydroxylation is 1. The number of hydrogen-bond acceptors (Lipinski definition) is 2. The zero-order valence-corrected chi connectivity index (χ0v) is 4.52. The van der Waals surface area contributed by atoms with Crippen molar-refractivity contribution in [3.8, 4) is 0 Å². The summed E-state index contributed by atoms with van der Waals surface area (Å²) in [7, 11) is 0. The summed E-state index contributed by atoms with van der Waals surface area (Å²) in [6, 6.07) is 0. The van der Waals surface area contributed by atoms with Crippen molar-refractivity contribution < 1.29 is 8.81 Å². The summed E-state index contributed by atoms with van der Waals surface area (Å²) >= 11 is 0. The molecule has 0 radical (unpaired) electrons. The molecule has 0 unspecified atom stereocenters. The van der Waals surface area contributed by atoms with Gasteiger partial charge in [0, 0.05) is 0 Å². The van der Waals surface area contributed by atoms with Crippen molar-refractivity contribution in [2.45, 2.75) is 13.6 Å². The zero-order valence-electron chi connectivity index (χ0n) is 4.52. The van der Waals surface area contributed by atoms with E-state index in [1.165, 1.54) is 6.26 Å². The predicted octanol–water partition coefficient (Wildman–Crippen LogP) is 1.45. The Morgan fingerprint density at radius 2 is 2.62 bits per heavy atom. The summed E-state index contributed by atoms with van der Waals surface area (Å²) in [5.41, 5.74) is 0.720. The third-order valence-corrected chi connectivity index (χ3v) is 0.781. The van der Waals surface area contributed by atoms with E-state index in [0.717, 1.165) is 5.69 Å². The zero-order chi connectivity index (χ0) is 5.98. The van der Waals surface area contributed by atoms with Crippen molar-refractivity contribution in [1.82, 2.24) is 4.98 Å². The van der Waals surface area contributed by atoms with E-state index in [9.17, 15) is 4.39 Å². The molecule has 1 aromatic heterocycles. The number of nitrogens with zero attached hydrogens (tertiary/aromatic N) is 1. The van der Waals surface area contributed by atoms with Gasteiger partial charge in [-0.15, -0.1) is 0 Å². The van der Waals surface area contributed by atoms with Gasteiger partial charge in [-0.3, -0.25) is 0 Å². The number of oxazole rings is 1. The van der Waals surface area contributed by atoms with E-state index in [2.05, 4.69) is 9.40 Å². The van der Waals surface area contributed by atoms with Crippen LogP contribution in [0.2, 0.25) is 0 Å². The Morgan fingerprint density at radius 3 is 2.88 bits per heavy atom. The molecular weight excluding hydrogens is 109 g/mol. The molecule has 0 bridgehead atoms. The Labute approximate surface area is 46.3 Å². The van der Waals surface area contributed by atoms with Crippen LogP contribution in [0.4, 0.5) is 4.39 Å². The smallest absolute Gasteiger partial charge is 0.225 e. The Bertz CT molecular complexity index is 173. The fourth-order valence-corrected chi connectivity index (χ4v) is 0.464. The van der Waals surface area contributed by atoms with Crippen LogP contribution in [0.5, 0.6) is 0 Å². The second-order valence-corrected chi connectivity index (χ2v) is 1.52. The standard InChI is InChI=1S/C5H6FNO/c1-4-3-8-5(2-6)7-4/h3H,2H2,1H3. The Hall–Kier alpha value is -0.860. The van der Waals surface area contributed by atoms with Gasteiger partial charge < -0.3 is 4.42 Å². The maximum Gasteiger partial charge on any atom is 0.225 e. The molecule has 1 heterocycles. The van der Waals surface area contributed by atoms with Crippen molar-refractivity contribution in [2.24, 2.45) is 0 Å². The first kappa shape index (κ1) is 5.28. The van der Waals surface area contributed by atoms with Crippen LogP contribution >= 0.6 is 0 Å². The van der Waals surface area contributed by atoms with Gasteiger partial charge in [0.1, 0.15) is 6.26 Å². The molecule has 0 aliphatic rings. The van der Waals surface area contributed by atoms with Gasteiger partial charge in [-0.25, -0.2) is 9.37 Å². The van der Waals surface area contributed by atoms with Crippen LogP contribution < -0.4 is 0 Å². The molecule has 1 aromatic rings. The first-order valence-corrected chi connectivity index (χ1v) is 2.30. The SMILES string of the molecule is Cc1coc(CF)n1. The van der Waals surface area contributed by atoms with Crippen molar-refractivity contribution in [2.75, 3.05) is 0 Å². The second kappa shape index (κ2) is 1.94. The van der Waals surface area contributed by atoms with Gasteiger partial charge in [0.25, 0.3) is 0 Å². The summed E-state index contributed by atoms with van der Waals surface area (Å²) in [6.45, 7) is 1.14. The van der Waals surface area contributed by atoms with Crippen LogP contribution in [0.3, 0.4) is 0 Å². The van der Waals surface area contributed by atoms with Gasteiger partial charge in [0.15, 0.2) is 6.67 Å². The van der Waals surface area contributed by atoms with Gasteiger partial charge >= 0.3 is 0 Å². The number of alkyl halides is 1. The van der Waals surface area contributed by atoms with E-state index in [1.54, 1.807) is 6.92 Å². The van der Waals surface area contributed by atoms with E-state index < -0.39 is 6.67 Å². The predicted molar refractivity (Wildman–Crippen MR) is 26.1 cm³/mol. The molecule has 0 saturated heterocycles. The van der Waals surface area contributed by atoms with E-state index in [0.29, 0.717) is 0 Å². The van der Waals surface area contributed by atoms with Crippen LogP contribution in [0.15, 0.2) is 10.7 Å². The van der Waals surface area contributed by atoms with Crippen LogP contribution in [0.1, 0.15) is 11.6 Å². The Balaban J connectivity index is 2.84. The number of aromatic nitrogens is 1. The Kier molecular flexibility index (Phi) is 1.28. The molecule has 0 atom stereocenters. The number of halogens is 1. The maximum absolute atomic E-state index is 11.6. The van der Waals surface area contributed by atoms with E-state index >= 15 is 0 Å². The lowest BCUT2D eigenvalue weighted by molar-refractivity contribution is 0.380. The average Bonchev–Trinajstić information content (AvgIpc) is 2.14. The van der Waals surface area contributed by atoms with Gasteiger partial charge in [-0.1, -0.05) is 0 Å². The van der Waals surface area contributed by atoms with Crippen LogP contribution in [-0.2, 0) is 6.67 Å². The lowest BCUT2D eigenvalue weighted by atomic mass is 10.6. The molecule has 0 aromatic carbocycles. The van der Waals surface area contributed by atoms with Gasteiger partial charge in [-0.2, -0.15) is 0 Å². The first-order chi connectivity index (χ1) is 3.83. The topological polar surface area (TPSA) is 26.0 Å². The number of rotatable bonds is 1. The molecule has 8 heavy (non-hydrogen) atoms. The summed E-state index contributed by atoms with van der Waals surface area (Å²) in [4.78, 5) is 3.69. The van der Waals surface area contributed by atoms with Crippen LogP contribution in [0, 0.1) is 6.92 Å². The molecule has 0 saturated carbocycles. The van der Waals surface area contributed by atoms with Gasteiger partial charge in [-0.05, 0) is 6.92 Å². The third-order valence-electron chi connectivity index (χ3n) is 0.781. The molecule has 0 aliphatic heterocycles. The highest BCUT2D eigenvalue weighted by Crippen LogP contribution is 2.00. The van der Waals surface area contributed by atoms with Gasteiger partial charge in [0.2, 0.25) is 5.89 Å². The van der Waals surface area contributed by atoms with Gasteiger partial charge in [0.05, 0.1) is 5.69 Å². The summed E-state index contributed by atoms with van der Waals surface area (Å²) in [5.74, 6) is 0.155. The molecule has 0 N–H and O–H groups in total. The molecule has 3 heteroatoms. The maximum atomic E-state index is 11.6. The minimum absolute atomic E-state index is 0.155. The summed E-state index contributed by atoms with van der Waals surface area (Å²) < 4.78 is 16.2. The molecule has 2 nitrogen and oxygen atoms in total. The minimum Gasteiger partial charge on any atom is -0.446 e. The van der Waals surface area contributed by atoms with Crippen LogP contribution in [0.25, 0.3) is 0 Å². The molecule has 0 fully saturated rings. The molecular formula is C5H6FNO.